The monoisotopic (exact) mass is 740 g/mol. The van der Waals surface area contributed by atoms with Crippen LogP contribution in [-0.4, -0.2) is 67.7 Å². The van der Waals surface area contributed by atoms with E-state index in [0.29, 0.717) is 12.5 Å². The predicted molar refractivity (Wildman–Crippen MR) is 220 cm³/mol. The van der Waals surface area contributed by atoms with Gasteiger partial charge in [0.2, 0.25) is 0 Å². The quantitative estimate of drug-likeness (QED) is 0.0503. The molecule has 5 unspecified atom stereocenters. The van der Waals surface area contributed by atoms with Crippen LogP contribution >= 0.6 is 0 Å². The van der Waals surface area contributed by atoms with Crippen molar-refractivity contribution in [3.05, 3.63) is 72.8 Å². The van der Waals surface area contributed by atoms with E-state index < -0.39 is 25.0 Å². The minimum absolute atomic E-state index is 0.0420. The van der Waals surface area contributed by atoms with Gasteiger partial charge in [0.25, 0.3) is 8.32 Å². The number of aliphatic hydroxyl groups is 1. The molecule has 5 nitrogen and oxygen atoms in total. The number of epoxide rings is 1. The van der Waals surface area contributed by atoms with Crippen LogP contribution in [0.4, 0.5) is 0 Å². The zero-order chi connectivity index (χ0) is 36.8. The lowest BCUT2D eigenvalue weighted by molar-refractivity contribution is 0.0696. The standard InChI is InChI=1S/C42H72O5Si3/c1-11-48(12-2,13-3)46-36(34-40(47-49(14-4,15-5)16-6)41-39(45-41)33-35(7)25-23-31-43)26-24-32-44-50(42(8,9)10,37-27-19-17-20-28-37)38-29-21-18-22-30-38/h17-23,25,27-30,35-36,39-41,43H,11-16,24,26,31-34H2,1-10H3/b25-23+. The number of hydrogen-bond acceptors (Lipinski definition) is 5. The van der Waals surface area contributed by atoms with Crippen molar-refractivity contribution in [1.29, 1.82) is 0 Å². The van der Waals surface area contributed by atoms with Crippen LogP contribution in [0, 0.1) is 5.92 Å². The Balaban J connectivity index is 1.90. The van der Waals surface area contributed by atoms with Gasteiger partial charge in [-0.2, -0.15) is 0 Å². The Morgan fingerprint density at radius 1 is 0.780 bits per heavy atom. The first-order valence-corrected chi connectivity index (χ1v) is 26.9. The number of aliphatic hydroxyl groups excluding tert-OH is 1. The largest absolute Gasteiger partial charge is 0.414 e. The third-order valence-corrected chi connectivity index (χ3v) is 26.2. The Morgan fingerprint density at radius 2 is 1.28 bits per heavy atom. The molecule has 0 saturated carbocycles. The summed E-state index contributed by atoms with van der Waals surface area (Å²) in [6.07, 6.45) is 8.15. The summed E-state index contributed by atoms with van der Waals surface area (Å²) in [4.78, 5) is 0. The maximum Gasteiger partial charge on any atom is 0.261 e. The summed E-state index contributed by atoms with van der Waals surface area (Å²) in [5.74, 6) is 0.356. The van der Waals surface area contributed by atoms with Crippen molar-refractivity contribution < 1.29 is 23.1 Å². The van der Waals surface area contributed by atoms with E-state index in [1.54, 1.807) is 0 Å². The molecule has 1 heterocycles. The van der Waals surface area contributed by atoms with Gasteiger partial charge in [-0.1, -0.05) is 142 Å². The van der Waals surface area contributed by atoms with Gasteiger partial charge in [-0.05, 0) is 83.3 Å². The van der Waals surface area contributed by atoms with Gasteiger partial charge in [0, 0.05) is 12.7 Å². The highest BCUT2D eigenvalue weighted by Crippen LogP contribution is 2.40. The smallest absolute Gasteiger partial charge is 0.261 e. The SMILES string of the molecule is CC[Si](CC)(CC)OC(CCCO[Si](c1ccccc1)(c1ccccc1)C(C)(C)C)CC(O[Si](CC)(CC)CC)C1OC1CC(C)/C=C/CO. The van der Waals surface area contributed by atoms with Crippen molar-refractivity contribution in [2.24, 2.45) is 5.92 Å². The number of ether oxygens (including phenoxy) is 1. The van der Waals surface area contributed by atoms with Crippen molar-refractivity contribution >= 4 is 35.3 Å². The van der Waals surface area contributed by atoms with Gasteiger partial charge in [0.1, 0.15) is 6.10 Å². The molecule has 2 aromatic carbocycles. The topological polar surface area (TPSA) is 60.5 Å². The predicted octanol–water partition coefficient (Wildman–Crippen LogP) is 9.86. The fourth-order valence-corrected chi connectivity index (χ4v) is 18.5. The highest BCUT2D eigenvalue weighted by molar-refractivity contribution is 6.99. The molecule has 50 heavy (non-hydrogen) atoms. The maximum absolute atomic E-state index is 9.31. The molecule has 5 atom stereocenters. The minimum atomic E-state index is -2.60. The summed E-state index contributed by atoms with van der Waals surface area (Å²) < 4.78 is 28.5. The normalized spacial score (nSPS) is 19.1. The highest BCUT2D eigenvalue weighted by Gasteiger charge is 2.51. The van der Waals surface area contributed by atoms with Crippen molar-refractivity contribution in [1.82, 2.24) is 0 Å². The fraction of sp³-hybridized carbons (Fsp3) is 0.667. The second kappa shape index (κ2) is 20.2. The van der Waals surface area contributed by atoms with Crippen molar-refractivity contribution in [2.45, 2.75) is 161 Å². The molecule has 0 aliphatic carbocycles. The molecular weight excluding hydrogens is 669 g/mol. The van der Waals surface area contributed by atoms with Crippen LogP contribution in [0.2, 0.25) is 41.3 Å². The van der Waals surface area contributed by atoms with Crippen LogP contribution in [0.15, 0.2) is 72.8 Å². The Kier molecular flexibility index (Phi) is 17.4. The zero-order valence-corrected chi connectivity index (χ0v) is 36.4. The Hall–Kier alpha value is -1.37. The van der Waals surface area contributed by atoms with Crippen LogP contribution < -0.4 is 10.4 Å². The summed E-state index contributed by atoms with van der Waals surface area (Å²) in [7, 11) is -6.38. The van der Waals surface area contributed by atoms with Crippen LogP contribution in [0.25, 0.3) is 0 Å². The zero-order valence-electron chi connectivity index (χ0n) is 33.4. The van der Waals surface area contributed by atoms with E-state index in [1.165, 1.54) is 10.4 Å². The third kappa shape index (κ3) is 11.1. The first-order valence-electron chi connectivity index (χ1n) is 20.0. The average molecular weight is 741 g/mol. The van der Waals surface area contributed by atoms with E-state index in [4.69, 9.17) is 18.0 Å². The summed E-state index contributed by atoms with van der Waals surface area (Å²) in [6.45, 7) is 24.0. The lowest BCUT2D eigenvalue weighted by Crippen LogP contribution is -2.66. The Morgan fingerprint density at radius 3 is 1.74 bits per heavy atom. The summed E-state index contributed by atoms with van der Waals surface area (Å²) in [5.41, 5.74) is 0. The first kappa shape index (κ1) is 43.0. The third-order valence-electron chi connectivity index (χ3n) is 11.7. The first-order chi connectivity index (χ1) is 23.9. The average Bonchev–Trinajstić information content (AvgIpc) is 3.90. The molecule has 1 N–H and O–H groups in total. The molecule has 282 valence electrons. The van der Waals surface area contributed by atoms with Crippen LogP contribution in [-0.2, 0) is 18.0 Å². The van der Waals surface area contributed by atoms with Gasteiger partial charge in [-0.25, -0.2) is 0 Å². The molecular formula is C42H72O5Si3. The minimum Gasteiger partial charge on any atom is -0.414 e. The summed E-state index contributed by atoms with van der Waals surface area (Å²) in [6, 6.07) is 28.7. The molecule has 1 saturated heterocycles. The lowest BCUT2D eigenvalue weighted by Gasteiger charge is -2.43. The fourth-order valence-electron chi connectivity index (χ4n) is 8.12. The molecule has 3 rings (SSSR count). The van der Waals surface area contributed by atoms with Crippen molar-refractivity contribution in [2.75, 3.05) is 13.2 Å². The van der Waals surface area contributed by atoms with Crippen molar-refractivity contribution in [3.63, 3.8) is 0 Å². The van der Waals surface area contributed by atoms with Gasteiger partial charge in [-0.3, -0.25) is 0 Å². The van der Waals surface area contributed by atoms with Gasteiger partial charge in [0.05, 0.1) is 18.8 Å². The summed E-state index contributed by atoms with van der Waals surface area (Å²) >= 11 is 0. The molecule has 1 aliphatic heterocycles. The van der Waals surface area contributed by atoms with E-state index in [1.807, 2.05) is 6.08 Å². The molecule has 0 spiro atoms. The Bertz CT molecular complexity index is 1190. The van der Waals surface area contributed by atoms with Gasteiger partial charge in [-0.15, -0.1) is 0 Å². The number of rotatable bonds is 24. The highest BCUT2D eigenvalue weighted by atomic mass is 28.4. The van der Waals surface area contributed by atoms with Crippen molar-refractivity contribution in [3.8, 4) is 0 Å². The van der Waals surface area contributed by atoms with Crippen LogP contribution in [0.3, 0.4) is 0 Å². The van der Waals surface area contributed by atoms with Gasteiger partial charge >= 0.3 is 0 Å². The number of benzene rings is 2. The number of allylic oxidation sites excluding steroid dienone is 1. The van der Waals surface area contributed by atoms with E-state index in [0.717, 1.165) is 61.9 Å². The van der Waals surface area contributed by atoms with E-state index in [9.17, 15) is 5.11 Å². The number of hydrogen-bond donors (Lipinski definition) is 1. The van der Waals surface area contributed by atoms with Gasteiger partial charge in [0.15, 0.2) is 16.6 Å². The van der Waals surface area contributed by atoms with Crippen LogP contribution in [0.5, 0.6) is 0 Å². The summed E-state index contributed by atoms with van der Waals surface area (Å²) in [5, 5.41) is 11.9. The van der Waals surface area contributed by atoms with Crippen LogP contribution in [0.1, 0.15) is 94.9 Å². The van der Waals surface area contributed by atoms with Gasteiger partial charge < -0.3 is 23.1 Å². The maximum atomic E-state index is 9.31. The molecule has 0 aromatic heterocycles. The van der Waals surface area contributed by atoms with E-state index >= 15 is 0 Å². The molecule has 0 bridgehead atoms. The second-order valence-electron chi connectivity index (χ2n) is 15.7. The molecule has 8 heteroatoms. The Labute approximate surface area is 310 Å². The molecule has 1 aliphatic rings. The second-order valence-corrected chi connectivity index (χ2v) is 29.5. The van der Waals surface area contributed by atoms with E-state index in [-0.39, 0.29) is 36.1 Å². The molecule has 0 amide bonds. The van der Waals surface area contributed by atoms with E-state index in [2.05, 4.69) is 136 Å². The molecule has 1 fully saturated rings. The molecule has 2 aromatic rings. The lowest BCUT2D eigenvalue weighted by atomic mass is 9.98. The molecule has 0 radical (unpaired) electrons.